The van der Waals surface area contributed by atoms with E-state index in [0.29, 0.717) is 22.8 Å². The lowest BCUT2D eigenvalue weighted by Gasteiger charge is -2.11. The standard InChI is InChI=1S/C20H18N4O/c1-2-24-10-9-13-11-14(7-8-16(13)24)19-20(23-18(21)12-22-19)15-5-3-4-6-17(15)25/h3-12,25H,2H2,1H3,(H2,21,23). The molecule has 124 valence electrons. The van der Waals surface area contributed by atoms with Crippen molar-refractivity contribution in [1.82, 2.24) is 14.5 Å². The summed E-state index contributed by atoms with van der Waals surface area (Å²) in [6.07, 6.45) is 3.62. The van der Waals surface area contributed by atoms with Crippen LogP contribution in [0.1, 0.15) is 6.92 Å². The van der Waals surface area contributed by atoms with Gasteiger partial charge in [0.15, 0.2) is 0 Å². The minimum Gasteiger partial charge on any atom is -0.507 e. The molecular formula is C20H18N4O. The Labute approximate surface area is 145 Å². The van der Waals surface area contributed by atoms with Gasteiger partial charge in [-0.2, -0.15) is 0 Å². The van der Waals surface area contributed by atoms with Crippen molar-refractivity contribution in [2.24, 2.45) is 0 Å². The molecule has 0 radical (unpaired) electrons. The molecular weight excluding hydrogens is 312 g/mol. The number of nitrogen functional groups attached to an aromatic ring is 1. The highest BCUT2D eigenvalue weighted by molar-refractivity contribution is 5.89. The number of aryl methyl sites for hydroxylation is 1. The molecule has 0 amide bonds. The Morgan fingerprint density at radius 3 is 2.72 bits per heavy atom. The van der Waals surface area contributed by atoms with Crippen LogP contribution in [0, 0.1) is 0 Å². The third kappa shape index (κ3) is 2.59. The summed E-state index contributed by atoms with van der Waals surface area (Å²) in [6, 6.07) is 15.4. The number of phenols is 1. The zero-order valence-corrected chi connectivity index (χ0v) is 13.8. The zero-order chi connectivity index (χ0) is 17.4. The van der Waals surface area contributed by atoms with E-state index < -0.39 is 0 Å². The van der Waals surface area contributed by atoms with Gasteiger partial charge in [-0.3, -0.25) is 4.98 Å². The van der Waals surface area contributed by atoms with E-state index in [4.69, 9.17) is 5.73 Å². The number of benzene rings is 2. The topological polar surface area (TPSA) is 77.0 Å². The van der Waals surface area contributed by atoms with Crippen LogP contribution in [0.3, 0.4) is 0 Å². The Hall–Kier alpha value is -3.34. The molecule has 0 spiro atoms. The molecule has 5 heteroatoms. The first-order valence-corrected chi connectivity index (χ1v) is 8.17. The number of para-hydroxylation sites is 1. The van der Waals surface area contributed by atoms with Crippen LogP contribution in [0.2, 0.25) is 0 Å². The molecule has 25 heavy (non-hydrogen) atoms. The Morgan fingerprint density at radius 2 is 1.92 bits per heavy atom. The third-order valence-corrected chi connectivity index (χ3v) is 4.34. The van der Waals surface area contributed by atoms with Gasteiger partial charge in [0.2, 0.25) is 0 Å². The molecule has 0 saturated carbocycles. The van der Waals surface area contributed by atoms with Crippen molar-refractivity contribution in [3.63, 3.8) is 0 Å². The number of aromatic hydroxyl groups is 1. The lowest BCUT2D eigenvalue weighted by Crippen LogP contribution is -1.98. The van der Waals surface area contributed by atoms with E-state index >= 15 is 0 Å². The molecule has 2 aromatic carbocycles. The van der Waals surface area contributed by atoms with Gasteiger partial charge in [-0.1, -0.05) is 18.2 Å². The van der Waals surface area contributed by atoms with Crippen molar-refractivity contribution in [2.75, 3.05) is 5.73 Å². The number of hydrogen-bond acceptors (Lipinski definition) is 4. The van der Waals surface area contributed by atoms with E-state index in [1.807, 2.05) is 18.2 Å². The summed E-state index contributed by atoms with van der Waals surface area (Å²) in [5.41, 5.74) is 9.85. The summed E-state index contributed by atoms with van der Waals surface area (Å²) in [4.78, 5) is 8.93. The number of rotatable bonds is 3. The SMILES string of the molecule is CCn1ccc2cc(-c3ncc(N)nc3-c3ccccc3O)ccc21. The third-order valence-electron chi connectivity index (χ3n) is 4.34. The quantitative estimate of drug-likeness (QED) is 0.593. The van der Waals surface area contributed by atoms with Crippen LogP contribution in [-0.2, 0) is 6.54 Å². The second kappa shape index (κ2) is 5.94. The number of nitrogens with zero attached hydrogens (tertiary/aromatic N) is 3. The van der Waals surface area contributed by atoms with Crippen LogP contribution in [-0.4, -0.2) is 19.6 Å². The van der Waals surface area contributed by atoms with Crippen LogP contribution in [0.15, 0.2) is 60.9 Å². The molecule has 0 bridgehead atoms. The van der Waals surface area contributed by atoms with Gasteiger partial charge in [0.1, 0.15) is 17.3 Å². The molecule has 2 aromatic heterocycles. The predicted molar refractivity (Wildman–Crippen MR) is 100 cm³/mol. The molecule has 2 heterocycles. The number of phenolic OH excluding ortho intramolecular Hbond substituents is 1. The monoisotopic (exact) mass is 330 g/mol. The maximum Gasteiger partial charge on any atom is 0.142 e. The van der Waals surface area contributed by atoms with E-state index in [-0.39, 0.29) is 5.75 Å². The van der Waals surface area contributed by atoms with Crippen molar-refractivity contribution in [2.45, 2.75) is 13.5 Å². The summed E-state index contributed by atoms with van der Waals surface area (Å²) < 4.78 is 2.19. The smallest absolute Gasteiger partial charge is 0.142 e. The molecule has 0 atom stereocenters. The highest BCUT2D eigenvalue weighted by atomic mass is 16.3. The minimum absolute atomic E-state index is 0.155. The second-order valence-corrected chi connectivity index (χ2v) is 5.88. The van der Waals surface area contributed by atoms with E-state index in [1.165, 1.54) is 5.52 Å². The fourth-order valence-electron chi connectivity index (χ4n) is 3.10. The van der Waals surface area contributed by atoms with Gasteiger partial charge >= 0.3 is 0 Å². The molecule has 4 aromatic rings. The first-order chi connectivity index (χ1) is 12.2. The molecule has 0 saturated heterocycles. The van der Waals surface area contributed by atoms with Crippen LogP contribution >= 0.6 is 0 Å². The lowest BCUT2D eigenvalue weighted by atomic mass is 10.0. The fraction of sp³-hybridized carbons (Fsp3) is 0.100. The number of fused-ring (bicyclic) bond motifs is 1. The first-order valence-electron chi connectivity index (χ1n) is 8.17. The zero-order valence-electron chi connectivity index (χ0n) is 13.8. The maximum absolute atomic E-state index is 10.2. The summed E-state index contributed by atoms with van der Waals surface area (Å²) in [7, 11) is 0. The Morgan fingerprint density at radius 1 is 1.08 bits per heavy atom. The van der Waals surface area contributed by atoms with Gasteiger partial charge < -0.3 is 15.4 Å². The average molecular weight is 330 g/mol. The highest BCUT2D eigenvalue weighted by Gasteiger charge is 2.15. The van der Waals surface area contributed by atoms with Gasteiger partial charge in [-0.25, -0.2) is 4.98 Å². The van der Waals surface area contributed by atoms with Gasteiger partial charge in [-0.05, 0) is 37.3 Å². The first kappa shape index (κ1) is 15.2. The van der Waals surface area contributed by atoms with E-state index in [0.717, 1.165) is 17.5 Å². The Bertz CT molecular complexity index is 1070. The summed E-state index contributed by atoms with van der Waals surface area (Å²) >= 11 is 0. The van der Waals surface area contributed by atoms with E-state index in [2.05, 4.69) is 45.9 Å². The molecule has 0 fully saturated rings. The molecule has 5 nitrogen and oxygen atoms in total. The van der Waals surface area contributed by atoms with Crippen LogP contribution in [0.4, 0.5) is 5.82 Å². The number of nitrogens with two attached hydrogens (primary N) is 1. The van der Waals surface area contributed by atoms with Crippen molar-refractivity contribution in [3.05, 3.63) is 60.9 Å². The highest BCUT2D eigenvalue weighted by Crippen LogP contribution is 2.35. The molecule has 0 aliphatic carbocycles. The van der Waals surface area contributed by atoms with Crippen molar-refractivity contribution in [3.8, 4) is 28.3 Å². The van der Waals surface area contributed by atoms with Gasteiger partial charge in [-0.15, -0.1) is 0 Å². The largest absolute Gasteiger partial charge is 0.507 e. The molecule has 0 aliphatic heterocycles. The van der Waals surface area contributed by atoms with Crippen molar-refractivity contribution in [1.29, 1.82) is 0 Å². The predicted octanol–water partition coefficient (Wildman–Crippen LogP) is 4.07. The summed E-state index contributed by atoms with van der Waals surface area (Å²) in [5, 5.41) is 11.4. The van der Waals surface area contributed by atoms with Crippen LogP contribution < -0.4 is 5.73 Å². The number of aromatic nitrogens is 3. The lowest BCUT2D eigenvalue weighted by molar-refractivity contribution is 0.477. The summed E-state index contributed by atoms with van der Waals surface area (Å²) in [6.45, 7) is 3.04. The second-order valence-electron chi connectivity index (χ2n) is 5.88. The van der Waals surface area contributed by atoms with Crippen molar-refractivity contribution >= 4 is 16.7 Å². The van der Waals surface area contributed by atoms with Crippen LogP contribution in [0.5, 0.6) is 5.75 Å². The Kier molecular flexibility index (Phi) is 3.61. The molecule has 4 rings (SSSR count). The van der Waals surface area contributed by atoms with Crippen molar-refractivity contribution < 1.29 is 5.11 Å². The van der Waals surface area contributed by atoms with Gasteiger partial charge in [0.25, 0.3) is 0 Å². The molecule has 0 unspecified atom stereocenters. The minimum atomic E-state index is 0.155. The van der Waals surface area contributed by atoms with Gasteiger partial charge in [0.05, 0.1) is 11.9 Å². The number of hydrogen-bond donors (Lipinski definition) is 2. The Balaban J connectivity index is 1.93. The number of anilines is 1. The van der Waals surface area contributed by atoms with Gasteiger partial charge in [0, 0.05) is 34.8 Å². The molecule has 0 aliphatic rings. The maximum atomic E-state index is 10.2. The normalized spacial score (nSPS) is 11.1. The van der Waals surface area contributed by atoms with E-state index in [1.54, 1.807) is 18.3 Å². The van der Waals surface area contributed by atoms with E-state index in [9.17, 15) is 5.11 Å². The summed E-state index contributed by atoms with van der Waals surface area (Å²) in [5.74, 6) is 0.474. The molecule has 3 N–H and O–H groups in total. The average Bonchev–Trinajstić information content (AvgIpc) is 3.04. The fourth-order valence-corrected chi connectivity index (χ4v) is 3.10. The van der Waals surface area contributed by atoms with Crippen LogP contribution in [0.25, 0.3) is 33.4 Å².